The second-order valence-corrected chi connectivity index (χ2v) is 7.29. The maximum Gasteiger partial charge on any atom is 0.232 e. The van der Waals surface area contributed by atoms with Crippen LogP contribution in [0, 0.1) is 0 Å². The number of hydrogen-bond acceptors (Lipinski definition) is 4. The van der Waals surface area contributed by atoms with E-state index in [1.54, 1.807) is 11.8 Å². The van der Waals surface area contributed by atoms with Crippen molar-refractivity contribution in [2.45, 2.75) is 49.5 Å². The normalized spacial score (nSPS) is 18.3. The van der Waals surface area contributed by atoms with E-state index < -0.39 is 0 Å². The van der Waals surface area contributed by atoms with Crippen LogP contribution in [-0.4, -0.2) is 42.9 Å². The first-order valence-electron chi connectivity index (χ1n) is 8.52. The molecule has 1 heterocycles. The molecule has 0 spiro atoms. The summed E-state index contributed by atoms with van der Waals surface area (Å²) in [6, 6.07) is 6.37. The largest absolute Gasteiger partial charge is 0.490 e. The standard InChI is InChI=1S/C18H25NO3S/c1-19(14-6-3-2-4-7-14)18(20)13-23-15-8-9-16-17(12-15)22-11-5-10-21-16/h8-9,12,14H,2-7,10-11,13H2,1H3. The van der Waals surface area contributed by atoms with Gasteiger partial charge in [-0.15, -0.1) is 11.8 Å². The van der Waals surface area contributed by atoms with Crippen molar-refractivity contribution in [3.8, 4) is 11.5 Å². The van der Waals surface area contributed by atoms with Crippen LogP contribution in [0.2, 0.25) is 0 Å². The monoisotopic (exact) mass is 335 g/mol. The van der Waals surface area contributed by atoms with Gasteiger partial charge in [0.15, 0.2) is 11.5 Å². The molecular formula is C18H25NO3S. The highest BCUT2D eigenvalue weighted by Crippen LogP contribution is 2.34. The van der Waals surface area contributed by atoms with Crippen LogP contribution in [0.3, 0.4) is 0 Å². The number of benzene rings is 1. The molecule has 126 valence electrons. The molecule has 0 aromatic heterocycles. The summed E-state index contributed by atoms with van der Waals surface area (Å²) < 4.78 is 11.3. The first kappa shape index (κ1) is 16.5. The van der Waals surface area contributed by atoms with Crippen molar-refractivity contribution in [2.24, 2.45) is 0 Å². The highest BCUT2D eigenvalue weighted by molar-refractivity contribution is 8.00. The first-order valence-corrected chi connectivity index (χ1v) is 9.51. The lowest BCUT2D eigenvalue weighted by molar-refractivity contribution is -0.129. The van der Waals surface area contributed by atoms with E-state index in [2.05, 4.69) is 0 Å². The highest BCUT2D eigenvalue weighted by atomic mass is 32.2. The zero-order chi connectivity index (χ0) is 16.1. The smallest absolute Gasteiger partial charge is 0.232 e. The van der Waals surface area contributed by atoms with Crippen LogP contribution in [0.4, 0.5) is 0 Å². The lowest BCUT2D eigenvalue weighted by Crippen LogP contribution is -2.39. The summed E-state index contributed by atoms with van der Waals surface area (Å²) in [5.41, 5.74) is 0. The summed E-state index contributed by atoms with van der Waals surface area (Å²) in [7, 11) is 1.95. The summed E-state index contributed by atoms with van der Waals surface area (Å²) >= 11 is 1.57. The molecule has 23 heavy (non-hydrogen) atoms. The zero-order valence-corrected chi connectivity index (χ0v) is 14.6. The van der Waals surface area contributed by atoms with E-state index >= 15 is 0 Å². The second-order valence-electron chi connectivity index (χ2n) is 6.24. The minimum absolute atomic E-state index is 0.217. The molecule has 1 fully saturated rings. The molecule has 1 amide bonds. The number of thioether (sulfide) groups is 1. The molecule has 0 unspecified atom stereocenters. The summed E-state index contributed by atoms with van der Waals surface area (Å²) in [5.74, 6) is 2.29. The number of nitrogens with zero attached hydrogens (tertiary/aromatic N) is 1. The summed E-state index contributed by atoms with van der Waals surface area (Å²) in [6.45, 7) is 1.38. The van der Waals surface area contributed by atoms with Gasteiger partial charge in [0, 0.05) is 24.4 Å². The van der Waals surface area contributed by atoms with Crippen molar-refractivity contribution < 1.29 is 14.3 Å². The quantitative estimate of drug-likeness (QED) is 0.786. The number of fused-ring (bicyclic) bond motifs is 1. The molecule has 3 rings (SSSR count). The molecule has 4 nitrogen and oxygen atoms in total. The fourth-order valence-corrected chi connectivity index (χ4v) is 4.00. The Morgan fingerprint density at radius 2 is 1.87 bits per heavy atom. The molecule has 0 atom stereocenters. The van der Waals surface area contributed by atoms with Crippen molar-refractivity contribution >= 4 is 17.7 Å². The Bertz CT molecular complexity index is 543. The van der Waals surface area contributed by atoms with E-state index in [4.69, 9.17) is 9.47 Å². The zero-order valence-electron chi connectivity index (χ0n) is 13.8. The summed E-state index contributed by atoms with van der Waals surface area (Å²) in [5, 5.41) is 0. The van der Waals surface area contributed by atoms with Gasteiger partial charge in [0.05, 0.1) is 19.0 Å². The maximum absolute atomic E-state index is 12.4. The molecular weight excluding hydrogens is 310 g/mol. The Labute approximate surface area is 142 Å². The van der Waals surface area contributed by atoms with Crippen molar-refractivity contribution in [1.29, 1.82) is 0 Å². The fourth-order valence-electron chi connectivity index (χ4n) is 3.15. The Kier molecular flexibility index (Phi) is 5.70. The van der Waals surface area contributed by atoms with Gasteiger partial charge in [-0.3, -0.25) is 4.79 Å². The van der Waals surface area contributed by atoms with Crippen molar-refractivity contribution in [3.05, 3.63) is 18.2 Å². The number of ether oxygens (including phenoxy) is 2. The van der Waals surface area contributed by atoms with Crippen LogP contribution in [-0.2, 0) is 4.79 Å². The van der Waals surface area contributed by atoms with E-state index in [1.165, 1.54) is 19.3 Å². The van der Waals surface area contributed by atoms with Crippen LogP contribution in [0.15, 0.2) is 23.1 Å². The average molecular weight is 335 g/mol. The number of hydrogen-bond donors (Lipinski definition) is 0. The third kappa shape index (κ3) is 4.34. The summed E-state index contributed by atoms with van der Waals surface area (Å²) in [6.07, 6.45) is 7.01. The van der Waals surface area contributed by atoms with Crippen molar-refractivity contribution in [2.75, 3.05) is 26.0 Å². The van der Waals surface area contributed by atoms with E-state index in [0.29, 0.717) is 25.0 Å². The van der Waals surface area contributed by atoms with Gasteiger partial charge in [-0.05, 0) is 31.0 Å². The Morgan fingerprint density at radius 3 is 2.65 bits per heavy atom. The number of amides is 1. The predicted molar refractivity (Wildman–Crippen MR) is 92.4 cm³/mol. The lowest BCUT2D eigenvalue weighted by Gasteiger charge is -2.31. The molecule has 0 N–H and O–H groups in total. The molecule has 1 aromatic rings. The van der Waals surface area contributed by atoms with E-state index in [-0.39, 0.29) is 5.91 Å². The number of rotatable bonds is 4. The second kappa shape index (κ2) is 7.95. The summed E-state index contributed by atoms with van der Waals surface area (Å²) in [4.78, 5) is 15.4. The minimum Gasteiger partial charge on any atom is -0.490 e. The van der Waals surface area contributed by atoms with Gasteiger partial charge < -0.3 is 14.4 Å². The Balaban J connectivity index is 1.55. The Morgan fingerprint density at radius 1 is 1.13 bits per heavy atom. The first-order chi connectivity index (χ1) is 11.2. The van der Waals surface area contributed by atoms with Crippen molar-refractivity contribution in [1.82, 2.24) is 4.90 Å². The van der Waals surface area contributed by atoms with Gasteiger partial charge in [-0.1, -0.05) is 19.3 Å². The molecule has 1 saturated carbocycles. The molecule has 0 bridgehead atoms. The molecule has 0 radical (unpaired) electrons. The van der Waals surface area contributed by atoms with Gasteiger partial charge in [0.25, 0.3) is 0 Å². The van der Waals surface area contributed by atoms with Crippen molar-refractivity contribution in [3.63, 3.8) is 0 Å². The third-order valence-corrected chi connectivity index (χ3v) is 5.58. The van der Waals surface area contributed by atoms with Gasteiger partial charge >= 0.3 is 0 Å². The number of carbonyl (C=O) groups is 1. The van der Waals surface area contributed by atoms with E-state index in [1.807, 2.05) is 30.1 Å². The minimum atomic E-state index is 0.217. The maximum atomic E-state index is 12.4. The predicted octanol–water partition coefficient (Wildman–Crippen LogP) is 3.73. The molecule has 1 aliphatic carbocycles. The average Bonchev–Trinajstić information content (AvgIpc) is 2.84. The SMILES string of the molecule is CN(C(=O)CSc1ccc2c(c1)OCCCO2)C1CCCCC1. The van der Waals surface area contributed by atoms with Crippen LogP contribution >= 0.6 is 11.8 Å². The molecule has 5 heteroatoms. The van der Waals surface area contributed by atoms with Crippen LogP contribution < -0.4 is 9.47 Å². The molecule has 1 aliphatic heterocycles. The highest BCUT2D eigenvalue weighted by Gasteiger charge is 2.22. The fraction of sp³-hybridized carbons (Fsp3) is 0.611. The third-order valence-electron chi connectivity index (χ3n) is 4.60. The van der Waals surface area contributed by atoms with Gasteiger partial charge in [0.2, 0.25) is 5.91 Å². The topological polar surface area (TPSA) is 38.8 Å². The molecule has 0 saturated heterocycles. The van der Waals surface area contributed by atoms with Crippen LogP contribution in [0.5, 0.6) is 11.5 Å². The molecule has 2 aliphatic rings. The van der Waals surface area contributed by atoms with E-state index in [0.717, 1.165) is 35.7 Å². The van der Waals surface area contributed by atoms with Crippen LogP contribution in [0.25, 0.3) is 0 Å². The van der Waals surface area contributed by atoms with E-state index in [9.17, 15) is 4.79 Å². The van der Waals surface area contributed by atoms with Gasteiger partial charge in [0.1, 0.15) is 0 Å². The Hall–Kier alpha value is -1.36. The number of carbonyl (C=O) groups excluding carboxylic acids is 1. The lowest BCUT2D eigenvalue weighted by atomic mass is 9.94. The van der Waals surface area contributed by atoms with Crippen LogP contribution in [0.1, 0.15) is 38.5 Å². The molecule has 1 aromatic carbocycles. The van der Waals surface area contributed by atoms with Gasteiger partial charge in [-0.25, -0.2) is 0 Å². The van der Waals surface area contributed by atoms with Gasteiger partial charge in [-0.2, -0.15) is 0 Å².